The summed E-state index contributed by atoms with van der Waals surface area (Å²) in [6, 6.07) is 8.95. The third kappa shape index (κ3) is 2.82. The molecule has 0 bridgehead atoms. The molecule has 0 aromatic heterocycles. The first kappa shape index (κ1) is 17.7. The maximum absolute atomic E-state index is 12.5. The molecule has 4 rings (SSSR count). The maximum Gasteiger partial charge on any atom is 0.339 e. The minimum absolute atomic E-state index is 0.292. The zero-order chi connectivity index (χ0) is 19.2. The Morgan fingerprint density at radius 2 is 2.00 bits per heavy atom. The summed E-state index contributed by atoms with van der Waals surface area (Å²) in [4.78, 5) is 24.5. The second kappa shape index (κ2) is 6.50. The molecule has 1 aliphatic heterocycles. The molecule has 0 saturated heterocycles. The van der Waals surface area contributed by atoms with Crippen molar-refractivity contribution in [3.05, 3.63) is 70.5 Å². The number of rotatable bonds is 3. The molecular formula is C22H22O5. The van der Waals surface area contributed by atoms with Gasteiger partial charge in [0.1, 0.15) is 18.0 Å². The average molecular weight is 366 g/mol. The predicted octanol–water partition coefficient (Wildman–Crippen LogP) is 3.72. The SMILES string of the molecule is CO[C@H]1[C@@H](OC(=O)c2ccccc2)CC=C2C=C3OC(=O)C(C)=C3C[C@@]21C. The van der Waals surface area contributed by atoms with Crippen LogP contribution in [0.1, 0.15) is 37.0 Å². The van der Waals surface area contributed by atoms with Crippen LogP contribution in [0.3, 0.4) is 0 Å². The molecule has 0 spiro atoms. The summed E-state index contributed by atoms with van der Waals surface area (Å²) in [5, 5.41) is 0. The monoisotopic (exact) mass is 366 g/mol. The van der Waals surface area contributed by atoms with E-state index in [1.807, 2.05) is 24.3 Å². The number of hydrogen-bond acceptors (Lipinski definition) is 5. The molecule has 2 aliphatic carbocycles. The number of fused-ring (bicyclic) bond motifs is 2. The Morgan fingerprint density at radius 3 is 2.70 bits per heavy atom. The van der Waals surface area contributed by atoms with Crippen molar-refractivity contribution in [2.45, 2.75) is 38.9 Å². The van der Waals surface area contributed by atoms with E-state index < -0.39 is 11.5 Å². The molecule has 0 unspecified atom stereocenters. The molecule has 3 atom stereocenters. The average Bonchev–Trinajstić information content (AvgIpc) is 2.93. The van der Waals surface area contributed by atoms with E-state index in [0.29, 0.717) is 29.7 Å². The molecule has 1 aromatic carbocycles. The highest BCUT2D eigenvalue weighted by atomic mass is 16.6. The summed E-state index contributed by atoms with van der Waals surface area (Å²) < 4.78 is 17.0. The van der Waals surface area contributed by atoms with Gasteiger partial charge in [-0.05, 0) is 37.1 Å². The van der Waals surface area contributed by atoms with E-state index in [1.54, 1.807) is 26.2 Å². The van der Waals surface area contributed by atoms with E-state index in [4.69, 9.17) is 14.2 Å². The van der Waals surface area contributed by atoms with Crippen molar-refractivity contribution in [2.75, 3.05) is 7.11 Å². The first-order valence-electron chi connectivity index (χ1n) is 9.07. The van der Waals surface area contributed by atoms with Crippen molar-refractivity contribution < 1.29 is 23.8 Å². The van der Waals surface area contributed by atoms with E-state index in [9.17, 15) is 9.59 Å². The van der Waals surface area contributed by atoms with Gasteiger partial charge in [-0.15, -0.1) is 0 Å². The largest absolute Gasteiger partial charge is 0.456 e. The van der Waals surface area contributed by atoms with Crippen LogP contribution in [0, 0.1) is 5.41 Å². The van der Waals surface area contributed by atoms with Crippen LogP contribution >= 0.6 is 0 Å². The lowest BCUT2D eigenvalue weighted by atomic mass is 9.64. The lowest BCUT2D eigenvalue weighted by Crippen LogP contribution is -2.49. The summed E-state index contributed by atoms with van der Waals surface area (Å²) in [6.45, 7) is 3.87. The van der Waals surface area contributed by atoms with E-state index >= 15 is 0 Å². The Labute approximate surface area is 158 Å². The summed E-state index contributed by atoms with van der Waals surface area (Å²) in [6.07, 6.45) is 4.43. The van der Waals surface area contributed by atoms with Crippen molar-refractivity contribution >= 4 is 11.9 Å². The van der Waals surface area contributed by atoms with Gasteiger partial charge in [0, 0.05) is 30.1 Å². The van der Waals surface area contributed by atoms with Gasteiger partial charge in [-0.3, -0.25) is 0 Å². The van der Waals surface area contributed by atoms with Gasteiger partial charge in [0.25, 0.3) is 0 Å². The molecule has 0 fully saturated rings. The van der Waals surface area contributed by atoms with Crippen molar-refractivity contribution in [1.82, 2.24) is 0 Å². The van der Waals surface area contributed by atoms with Crippen molar-refractivity contribution in [3.63, 3.8) is 0 Å². The Kier molecular flexibility index (Phi) is 4.27. The van der Waals surface area contributed by atoms with Gasteiger partial charge < -0.3 is 14.2 Å². The molecule has 5 nitrogen and oxygen atoms in total. The van der Waals surface area contributed by atoms with Crippen LogP contribution in [0.5, 0.6) is 0 Å². The summed E-state index contributed by atoms with van der Waals surface area (Å²) in [5.41, 5.74) is 2.73. The van der Waals surface area contributed by atoms with Gasteiger partial charge in [-0.2, -0.15) is 0 Å². The number of esters is 2. The second-order valence-corrected chi connectivity index (χ2v) is 7.46. The number of carbonyl (C=O) groups excluding carboxylic acids is 2. The second-order valence-electron chi connectivity index (χ2n) is 7.46. The first-order valence-corrected chi connectivity index (χ1v) is 9.07. The normalized spacial score (nSPS) is 29.4. The lowest BCUT2D eigenvalue weighted by Gasteiger charge is -2.46. The van der Waals surface area contributed by atoms with Crippen LogP contribution in [0.4, 0.5) is 0 Å². The van der Waals surface area contributed by atoms with Crippen molar-refractivity contribution in [1.29, 1.82) is 0 Å². The highest BCUT2D eigenvalue weighted by molar-refractivity contribution is 5.94. The van der Waals surface area contributed by atoms with Gasteiger partial charge in [-0.25, -0.2) is 9.59 Å². The van der Waals surface area contributed by atoms with Crippen LogP contribution in [-0.4, -0.2) is 31.3 Å². The highest BCUT2D eigenvalue weighted by Crippen LogP contribution is 2.52. The third-order valence-electron chi connectivity index (χ3n) is 5.81. The number of ether oxygens (including phenoxy) is 3. The smallest absolute Gasteiger partial charge is 0.339 e. The molecule has 0 saturated carbocycles. The number of allylic oxidation sites excluding steroid dienone is 2. The van der Waals surface area contributed by atoms with Crippen LogP contribution in [0.25, 0.3) is 0 Å². The van der Waals surface area contributed by atoms with Crippen molar-refractivity contribution in [3.8, 4) is 0 Å². The number of benzene rings is 1. The van der Waals surface area contributed by atoms with Crippen LogP contribution < -0.4 is 0 Å². The molecule has 27 heavy (non-hydrogen) atoms. The Hall–Kier alpha value is -2.66. The van der Waals surface area contributed by atoms with E-state index in [1.165, 1.54) is 0 Å². The van der Waals surface area contributed by atoms with Crippen LogP contribution in [0.2, 0.25) is 0 Å². The predicted molar refractivity (Wildman–Crippen MR) is 98.7 cm³/mol. The fourth-order valence-electron chi connectivity index (χ4n) is 4.29. The number of hydrogen-bond donors (Lipinski definition) is 0. The minimum Gasteiger partial charge on any atom is -0.456 e. The number of methoxy groups -OCH3 is 1. The minimum atomic E-state index is -0.400. The Morgan fingerprint density at radius 1 is 1.26 bits per heavy atom. The number of carbonyl (C=O) groups is 2. The van der Waals surface area contributed by atoms with Gasteiger partial charge in [0.2, 0.25) is 0 Å². The summed E-state index contributed by atoms with van der Waals surface area (Å²) in [7, 11) is 1.64. The van der Waals surface area contributed by atoms with Gasteiger partial charge in [0.15, 0.2) is 0 Å². The van der Waals surface area contributed by atoms with Crippen LogP contribution in [-0.2, 0) is 19.0 Å². The summed E-state index contributed by atoms with van der Waals surface area (Å²) >= 11 is 0. The van der Waals surface area contributed by atoms with Gasteiger partial charge in [0.05, 0.1) is 5.56 Å². The molecule has 3 aliphatic rings. The van der Waals surface area contributed by atoms with E-state index in [0.717, 1.165) is 11.1 Å². The molecular weight excluding hydrogens is 344 g/mol. The molecule has 1 heterocycles. The topological polar surface area (TPSA) is 61.8 Å². The quantitative estimate of drug-likeness (QED) is 0.763. The molecule has 0 amide bonds. The maximum atomic E-state index is 12.5. The Bertz CT molecular complexity index is 893. The van der Waals surface area contributed by atoms with Crippen LogP contribution in [0.15, 0.2) is 65.0 Å². The fourth-order valence-corrected chi connectivity index (χ4v) is 4.29. The third-order valence-corrected chi connectivity index (χ3v) is 5.81. The first-order chi connectivity index (χ1) is 12.9. The van der Waals surface area contributed by atoms with Gasteiger partial charge >= 0.3 is 11.9 Å². The van der Waals surface area contributed by atoms with Crippen molar-refractivity contribution in [2.24, 2.45) is 5.41 Å². The highest BCUT2D eigenvalue weighted by Gasteiger charge is 2.50. The van der Waals surface area contributed by atoms with E-state index in [2.05, 4.69) is 13.0 Å². The molecule has 0 N–H and O–H groups in total. The Balaban J connectivity index is 1.64. The molecule has 1 aromatic rings. The van der Waals surface area contributed by atoms with E-state index in [-0.39, 0.29) is 18.0 Å². The zero-order valence-electron chi connectivity index (χ0n) is 15.7. The van der Waals surface area contributed by atoms with Gasteiger partial charge in [-0.1, -0.05) is 31.2 Å². The molecule has 140 valence electrons. The summed E-state index contributed by atoms with van der Waals surface area (Å²) in [5.74, 6) is -0.0131. The fraction of sp³-hybridized carbons (Fsp3) is 0.364. The lowest BCUT2D eigenvalue weighted by molar-refractivity contribution is -0.133. The zero-order valence-corrected chi connectivity index (χ0v) is 15.7. The standard InChI is InChI=1S/C22H22O5/c1-13-16-12-22(2)15(11-18(16)27-20(13)23)9-10-17(19(22)25-3)26-21(24)14-7-5-4-6-8-14/h4-9,11,17,19H,10,12H2,1-3H3/t17-,19-,22-/m0/s1. The molecule has 5 heteroatoms. The molecule has 0 radical (unpaired) electrons.